The van der Waals surface area contributed by atoms with Crippen LogP contribution >= 0.6 is 0 Å². The SMILES string of the molecule is CC.CC(CO)CCCC(C)C(C)C1(C)CCC2C(=CCC3CC(=O)CCC32C)C1C. The first kappa shape index (κ1) is 26.6. The molecule has 0 aliphatic heterocycles. The van der Waals surface area contributed by atoms with Crippen LogP contribution in [0.1, 0.15) is 113 Å². The minimum atomic E-state index is 0.319. The first-order chi connectivity index (χ1) is 14.6. The van der Waals surface area contributed by atoms with E-state index in [1.165, 1.54) is 25.7 Å². The van der Waals surface area contributed by atoms with Crippen LogP contribution in [0.4, 0.5) is 0 Å². The van der Waals surface area contributed by atoms with E-state index in [4.69, 9.17) is 0 Å². The van der Waals surface area contributed by atoms with Gasteiger partial charge in [0.1, 0.15) is 5.78 Å². The van der Waals surface area contributed by atoms with E-state index in [2.05, 4.69) is 47.6 Å². The second-order valence-corrected chi connectivity index (χ2v) is 11.7. The predicted molar refractivity (Wildman–Crippen MR) is 133 cm³/mol. The lowest BCUT2D eigenvalue weighted by Gasteiger charge is -2.58. The van der Waals surface area contributed by atoms with E-state index in [1.807, 2.05) is 13.8 Å². The van der Waals surface area contributed by atoms with Gasteiger partial charge in [-0.3, -0.25) is 4.79 Å². The van der Waals surface area contributed by atoms with Crippen molar-refractivity contribution in [1.29, 1.82) is 0 Å². The maximum atomic E-state index is 12.1. The van der Waals surface area contributed by atoms with E-state index in [1.54, 1.807) is 5.57 Å². The molecule has 3 aliphatic carbocycles. The number of ketones is 1. The number of fused-ring (bicyclic) bond motifs is 3. The Balaban J connectivity index is 0.00000166. The average Bonchev–Trinajstić information content (AvgIpc) is 2.77. The summed E-state index contributed by atoms with van der Waals surface area (Å²) in [5.74, 6) is 4.29. The Labute approximate surface area is 193 Å². The molecule has 0 amide bonds. The predicted octanol–water partition coefficient (Wildman–Crippen LogP) is 7.84. The molecule has 2 saturated carbocycles. The molecule has 0 aromatic heterocycles. The van der Waals surface area contributed by atoms with Crippen LogP contribution in [0, 0.1) is 46.3 Å². The van der Waals surface area contributed by atoms with Crippen molar-refractivity contribution in [3.8, 4) is 0 Å². The van der Waals surface area contributed by atoms with Crippen molar-refractivity contribution in [3.63, 3.8) is 0 Å². The Morgan fingerprint density at radius 3 is 2.45 bits per heavy atom. The molecule has 0 aromatic rings. The third-order valence-electron chi connectivity index (χ3n) is 10.2. The number of rotatable bonds is 7. The minimum Gasteiger partial charge on any atom is -0.396 e. The molecule has 2 fully saturated rings. The van der Waals surface area contributed by atoms with Crippen molar-refractivity contribution in [1.82, 2.24) is 0 Å². The zero-order valence-corrected chi connectivity index (χ0v) is 22.0. The Kier molecular flexibility index (Phi) is 9.44. The number of carbonyl (C=O) groups is 1. The summed E-state index contributed by atoms with van der Waals surface area (Å²) < 4.78 is 0. The van der Waals surface area contributed by atoms with Crippen LogP contribution in [-0.4, -0.2) is 17.5 Å². The van der Waals surface area contributed by atoms with Crippen molar-refractivity contribution >= 4 is 5.78 Å². The third-order valence-corrected chi connectivity index (χ3v) is 10.2. The fourth-order valence-corrected chi connectivity index (χ4v) is 7.26. The van der Waals surface area contributed by atoms with E-state index in [0.717, 1.165) is 38.0 Å². The lowest BCUT2D eigenvalue weighted by atomic mass is 9.46. The summed E-state index contributed by atoms with van der Waals surface area (Å²) in [6.45, 7) is 19.0. The summed E-state index contributed by atoms with van der Waals surface area (Å²) in [6, 6.07) is 0. The molecule has 8 unspecified atom stereocenters. The van der Waals surface area contributed by atoms with Gasteiger partial charge in [-0.2, -0.15) is 0 Å². The van der Waals surface area contributed by atoms with Gasteiger partial charge in [0, 0.05) is 19.4 Å². The van der Waals surface area contributed by atoms with Crippen molar-refractivity contribution in [2.45, 2.75) is 113 Å². The van der Waals surface area contributed by atoms with Crippen LogP contribution in [0.25, 0.3) is 0 Å². The van der Waals surface area contributed by atoms with Crippen molar-refractivity contribution in [2.75, 3.05) is 6.61 Å². The monoisotopic (exact) mass is 432 g/mol. The second kappa shape index (κ2) is 11.0. The highest BCUT2D eigenvalue weighted by Gasteiger charge is 2.54. The van der Waals surface area contributed by atoms with E-state index >= 15 is 0 Å². The number of Topliss-reactive ketones (excluding diaryl/α,β-unsaturated/α-hetero) is 1. The highest BCUT2D eigenvalue weighted by Crippen LogP contribution is 2.62. The molecule has 0 saturated heterocycles. The molecule has 31 heavy (non-hydrogen) atoms. The maximum Gasteiger partial charge on any atom is 0.133 e. The lowest BCUT2D eigenvalue weighted by molar-refractivity contribution is -0.127. The van der Waals surface area contributed by atoms with Crippen molar-refractivity contribution < 1.29 is 9.90 Å². The van der Waals surface area contributed by atoms with Gasteiger partial charge in [0.2, 0.25) is 0 Å². The Morgan fingerprint density at radius 1 is 1.13 bits per heavy atom. The molecule has 2 nitrogen and oxygen atoms in total. The molecule has 3 rings (SSSR count). The molecule has 0 spiro atoms. The van der Waals surface area contributed by atoms with Crippen LogP contribution in [0.3, 0.4) is 0 Å². The summed E-state index contributed by atoms with van der Waals surface area (Å²) in [5, 5.41) is 9.29. The molecule has 8 atom stereocenters. The molecule has 0 heterocycles. The fraction of sp³-hybridized carbons (Fsp3) is 0.897. The average molecular weight is 433 g/mol. The molecule has 180 valence electrons. The van der Waals surface area contributed by atoms with Gasteiger partial charge in [-0.15, -0.1) is 0 Å². The summed E-state index contributed by atoms with van der Waals surface area (Å²) >= 11 is 0. The smallest absolute Gasteiger partial charge is 0.133 e. The molecule has 0 aromatic carbocycles. The van der Waals surface area contributed by atoms with Gasteiger partial charge in [-0.1, -0.05) is 79.9 Å². The largest absolute Gasteiger partial charge is 0.396 e. The topological polar surface area (TPSA) is 37.3 Å². The highest BCUT2D eigenvalue weighted by atomic mass is 16.3. The van der Waals surface area contributed by atoms with Crippen molar-refractivity contribution in [2.24, 2.45) is 46.3 Å². The molecule has 2 heteroatoms. The highest BCUT2D eigenvalue weighted by molar-refractivity contribution is 5.79. The molecule has 0 bridgehead atoms. The molecule has 1 N–H and O–H groups in total. The number of allylic oxidation sites excluding steroid dienone is 2. The van der Waals surface area contributed by atoms with Gasteiger partial charge in [0.25, 0.3) is 0 Å². The van der Waals surface area contributed by atoms with Gasteiger partial charge >= 0.3 is 0 Å². The van der Waals surface area contributed by atoms with Crippen LogP contribution < -0.4 is 0 Å². The molecule has 0 radical (unpaired) electrons. The van der Waals surface area contributed by atoms with Crippen LogP contribution in [0.15, 0.2) is 11.6 Å². The molecule has 3 aliphatic rings. The van der Waals surface area contributed by atoms with Gasteiger partial charge in [0.05, 0.1) is 0 Å². The van der Waals surface area contributed by atoms with E-state index in [-0.39, 0.29) is 0 Å². The summed E-state index contributed by atoms with van der Waals surface area (Å²) in [4.78, 5) is 12.1. The first-order valence-corrected chi connectivity index (χ1v) is 13.5. The van der Waals surface area contributed by atoms with E-state index < -0.39 is 0 Å². The number of aliphatic hydroxyl groups excluding tert-OH is 1. The first-order valence-electron chi connectivity index (χ1n) is 13.5. The van der Waals surface area contributed by atoms with Gasteiger partial charge in [-0.25, -0.2) is 0 Å². The fourth-order valence-electron chi connectivity index (χ4n) is 7.26. The quantitative estimate of drug-likeness (QED) is 0.416. The summed E-state index contributed by atoms with van der Waals surface area (Å²) in [7, 11) is 0. The standard InChI is InChI=1S/C27H46O2.C2H6/c1-18(17-28)8-7-9-19(2)20(3)26(5)15-13-25-24(21(26)4)11-10-22-16-23(29)12-14-27(22,25)6;1-2/h11,18-22,25,28H,7-10,12-17H2,1-6H3;1-2H3. The van der Waals surface area contributed by atoms with Gasteiger partial charge < -0.3 is 5.11 Å². The summed E-state index contributed by atoms with van der Waals surface area (Å²) in [5.41, 5.74) is 2.46. The minimum absolute atomic E-state index is 0.319. The number of aliphatic hydroxyl groups is 1. The zero-order valence-electron chi connectivity index (χ0n) is 22.0. The van der Waals surface area contributed by atoms with E-state index in [9.17, 15) is 9.90 Å². The Hall–Kier alpha value is -0.630. The van der Waals surface area contributed by atoms with Crippen molar-refractivity contribution in [3.05, 3.63) is 11.6 Å². The molecular formula is C29H52O2. The zero-order chi connectivity index (χ0) is 23.4. The number of hydrogen-bond acceptors (Lipinski definition) is 2. The van der Waals surface area contributed by atoms with Gasteiger partial charge in [0.15, 0.2) is 0 Å². The van der Waals surface area contributed by atoms with Crippen LogP contribution in [0.2, 0.25) is 0 Å². The normalized spacial score (nSPS) is 38.0. The van der Waals surface area contributed by atoms with Crippen LogP contribution in [-0.2, 0) is 4.79 Å². The second-order valence-electron chi connectivity index (χ2n) is 11.7. The molecular weight excluding hydrogens is 380 g/mol. The Bertz CT molecular complexity index is 622. The van der Waals surface area contributed by atoms with E-state index in [0.29, 0.717) is 52.8 Å². The number of hydrogen-bond donors (Lipinski definition) is 1. The Morgan fingerprint density at radius 2 is 1.81 bits per heavy atom. The maximum absolute atomic E-state index is 12.1. The lowest BCUT2D eigenvalue weighted by Crippen LogP contribution is -2.50. The van der Waals surface area contributed by atoms with Crippen LogP contribution in [0.5, 0.6) is 0 Å². The number of carbonyl (C=O) groups excluding carboxylic acids is 1. The third kappa shape index (κ3) is 5.31. The van der Waals surface area contributed by atoms with Gasteiger partial charge in [-0.05, 0) is 78.4 Å². The summed E-state index contributed by atoms with van der Waals surface area (Å²) in [6.07, 6.45) is 12.7.